The van der Waals surface area contributed by atoms with Gasteiger partial charge in [0.25, 0.3) is 5.91 Å². The molecule has 0 radical (unpaired) electrons. The van der Waals surface area contributed by atoms with Gasteiger partial charge in [-0.2, -0.15) is 5.10 Å². The Morgan fingerprint density at radius 3 is 2.62 bits per heavy atom. The first-order chi connectivity index (χ1) is 17.7. The number of rotatable bonds is 8. The number of nitrogens with one attached hydrogen (secondary N) is 2. The summed E-state index contributed by atoms with van der Waals surface area (Å²) in [6.07, 6.45) is 1.45. The van der Waals surface area contributed by atoms with Crippen LogP contribution in [0.25, 0.3) is 11.0 Å². The minimum Gasteiger partial charge on any atom is -0.493 e. The van der Waals surface area contributed by atoms with Crippen molar-refractivity contribution in [2.75, 3.05) is 19.0 Å². The van der Waals surface area contributed by atoms with Gasteiger partial charge in [-0.15, -0.1) is 0 Å². The van der Waals surface area contributed by atoms with Gasteiger partial charge in [0.05, 0.1) is 21.4 Å². The summed E-state index contributed by atoms with van der Waals surface area (Å²) in [6.45, 7) is -0.280. The second kappa shape index (κ2) is 12.0. The number of halogens is 4. The molecule has 0 unspecified atom stereocenters. The van der Waals surface area contributed by atoms with Crippen LogP contribution < -0.4 is 20.2 Å². The Kier molecular flexibility index (Phi) is 8.82. The summed E-state index contributed by atoms with van der Waals surface area (Å²) in [5.74, 6) is -0.458. The number of methoxy groups -OCH3 is 1. The normalized spacial score (nSPS) is 11.1. The Morgan fingerprint density at radius 1 is 1.14 bits per heavy atom. The smallest absolute Gasteiger partial charge is 0.307 e. The van der Waals surface area contributed by atoms with Gasteiger partial charge < -0.3 is 19.2 Å². The van der Waals surface area contributed by atoms with Crippen LogP contribution in [0.4, 0.5) is 10.1 Å². The maximum Gasteiger partial charge on any atom is 0.307 e. The van der Waals surface area contributed by atoms with Crippen LogP contribution in [0.3, 0.4) is 0 Å². The SMILES string of the molecule is COc1cc(/C=N\NC(=O)c2cc3cc(Br)cc(Br)c3o2)cc(I)c1OCC(=O)Nc1ccc(F)cc1. The molecule has 0 saturated heterocycles. The van der Waals surface area contributed by atoms with E-state index in [4.69, 9.17) is 13.9 Å². The Bertz CT molecular complexity index is 1510. The first-order valence-corrected chi connectivity index (χ1v) is 13.2. The Balaban J connectivity index is 1.39. The zero-order valence-electron chi connectivity index (χ0n) is 19.0. The molecule has 12 heteroatoms. The number of hydrogen-bond donors (Lipinski definition) is 2. The fraction of sp³-hybridized carbons (Fsp3) is 0.0800. The summed E-state index contributed by atoms with van der Waals surface area (Å²) < 4.78 is 32.0. The number of furan rings is 1. The molecule has 4 aromatic rings. The molecule has 1 aromatic heterocycles. The third-order valence-corrected chi connectivity index (χ3v) is 6.71. The van der Waals surface area contributed by atoms with Crippen LogP contribution in [0.5, 0.6) is 11.5 Å². The Hall–Kier alpha value is -2.97. The monoisotopic (exact) mass is 743 g/mol. The van der Waals surface area contributed by atoms with E-state index in [-0.39, 0.29) is 12.4 Å². The molecule has 0 aliphatic rings. The highest BCUT2D eigenvalue weighted by molar-refractivity contribution is 14.1. The molecule has 8 nitrogen and oxygen atoms in total. The molecule has 0 saturated carbocycles. The molecule has 1 heterocycles. The molecule has 190 valence electrons. The fourth-order valence-corrected chi connectivity index (χ4v) is 5.35. The van der Waals surface area contributed by atoms with E-state index >= 15 is 0 Å². The summed E-state index contributed by atoms with van der Waals surface area (Å²) >= 11 is 8.86. The lowest BCUT2D eigenvalue weighted by atomic mass is 10.2. The highest BCUT2D eigenvalue weighted by Crippen LogP contribution is 2.34. The Morgan fingerprint density at radius 2 is 1.89 bits per heavy atom. The summed E-state index contributed by atoms with van der Waals surface area (Å²) in [5.41, 5.74) is 4.07. The van der Waals surface area contributed by atoms with Gasteiger partial charge in [-0.25, -0.2) is 9.82 Å². The van der Waals surface area contributed by atoms with Crippen molar-refractivity contribution >= 4 is 89.1 Å². The third-order valence-electron chi connectivity index (χ3n) is 4.87. The van der Waals surface area contributed by atoms with Gasteiger partial charge in [0.15, 0.2) is 23.9 Å². The van der Waals surface area contributed by atoms with Gasteiger partial charge in [0.2, 0.25) is 0 Å². The average molecular weight is 745 g/mol. The number of benzene rings is 3. The zero-order valence-corrected chi connectivity index (χ0v) is 24.3. The van der Waals surface area contributed by atoms with Crippen LogP contribution in [0, 0.1) is 9.39 Å². The third kappa shape index (κ3) is 6.87. The summed E-state index contributed by atoms with van der Waals surface area (Å²) in [4.78, 5) is 24.7. The molecule has 0 bridgehead atoms. The quantitative estimate of drug-likeness (QED) is 0.122. The van der Waals surface area contributed by atoms with Crippen molar-refractivity contribution in [3.05, 3.63) is 84.3 Å². The fourth-order valence-electron chi connectivity index (χ4n) is 3.23. The molecular weight excluding hydrogens is 728 g/mol. The molecule has 0 atom stereocenters. The topological polar surface area (TPSA) is 102 Å². The number of amides is 2. The van der Waals surface area contributed by atoms with E-state index in [1.54, 1.807) is 18.2 Å². The van der Waals surface area contributed by atoms with Crippen molar-refractivity contribution in [1.29, 1.82) is 0 Å². The van der Waals surface area contributed by atoms with Gasteiger partial charge in [-0.1, -0.05) is 15.9 Å². The van der Waals surface area contributed by atoms with Crippen LogP contribution in [-0.2, 0) is 4.79 Å². The number of ether oxygens (including phenoxy) is 2. The van der Waals surface area contributed by atoms with Crippen molar-refractivity contribution in [3.63, 3.8) is 0 Å². The predicted octanol–water partition coefficient (Wildman–Crippen LogP) is 6.49. The van der Waals surface area contributed by atoms with E-state index in [1.807, 2.05) is 34.7 Å². The summed E-state index contributed by atoms with van der Waals surface area (Å²) in [5, 5.41) is 7.39. The van der Waals surface area contributed by atoms with E-state index in [1.165, 1.54) is 37.6 Å². The lowest BCUT2D eigenvalue weighted by Crippen LogP contribution is -2.20. The van der Waals surface area contributed by atoms with Crippen LogP contribution in [0.1, 0.15) is 16.1 Å². The largest absolute Gasteiger partial charge is 0.493 e. The van der Waals surface area contributed by atoms with Crippen LogP contribution in [0.15, 0.2) is 73.1 Å². The minimum absolute atomic E-state index is 0.112. The molecule has 2 N–H and O–H groups in total. The number of hydrogen-bond acceptors (Lipinski definition) is 6. The molecule has 0 fully saturated rings. The van der Waals surface area contributed by atoms with Crippen molar-refractivity contribution in [1.82, 2.24) is 5.43 Å². The molecular formula is C25H17Br2FIN3O5. The van der Waals surface area contributed by atoms with Gasteiger partial charge in [-0.05, 0) is 98.7 Å². The highest BCUT2D eigenvalue weighted by Gasteiger charge is 2.15. The molecule has 4 rings (SSSR count). The first-order valence-electron chi connectivity index (χ1n) is 10.5. The van der Waals surface area contributed by atoms with Gasteiger partial charge in [-0.3, -0.25) is 9.59 Å². The number of anilines is 1. The second-order valence-electron chi connectivity index (χ2n) is 7.49. The lowest BCUT2D eigenvalue weighted by molar-refractivity contribution is -0.118. The summed E-state index contributed by atoms with van der Waals surface area (Å²) in [6, 6.07) is 14.1. The van der Waals surface area contributed by atoms with E-state index < -0.39 is 17.6 Å². The zero-order chi connectivity index (χ0) is 26.5. The van der Waals surface area contributed by atoms with Gasteiger partial charge in [0.1, 0.15) is 11.4 Å². The van der Waals surface area contributed by atoms with E-state index in [0.29, 0.717) is 31.9 Å². The number of fused-ring (bicyclic) bond motifs is 1. The first kappa shape index (κ1) is 27.1. The molecule has 0 spiro atoms. The number of nitrogens with zero attached hydrogens (tertiary/aromatic N) is 1. The maximum atomic E-state index is 13.0. The van der Waals surface area contributed by atoms with E-state index in [9.17, 15) is 14.0 Å². The number of carbonyl (C=O) groups excluding carboxylic acids is 2. The second-order valence-corrected chi connectivity index (χ2v) is 10.4. The van der Waals surface area contributed by atoms with Crippen molar-refractivity contribution in [2.45, 2.75) is 0 Å². The van der Waals surface area contributed by atoms with Crippen LogP contribution in [0.2, 0.25) is 0 Å². The standard InChI is InChI=1S/C25H17Br2FIN3O5/c1-35-20-7-13(6-19(29)24(20)36-12-22(33)31-17-4-2-16(28)3-5-17)11-30-32-25(34)21-9-14-8-15(26)10-18(27)23(14)37-21/h2-11H,12H2,1H3,(H,31,33)(H,32,34)/b30-11-. The molecule has 0 aliphatic heterocycles. The molecule has 0 aliphatic carbocycles. The minimum atomic E-state index is -0.510. The molecule has 2 amide bonds. The lowest BCUT2D eigenvalue weighted by Gasteiger charge is -2.13. The van der Waals surface area contributed by atoms with Crippen LogP contribution in [-0.4, -0.2) is 31.7 Å². The Labute approximate surface area is 241 Å². The van der Waals surface area contributed by atoms with E-state index in [0.717, 1.165) is 14.3 Å². The maximum absolute atomic E-state index is 13.0. The predicted molar refractivity (Wildman–Crippen MR) is 153 cm³/mol. The molecule has 37 heavy (non-hydrogen) atoms. The van der Waals surface area contributed by atoms with Crippen molar-refractivity contribution in [2.24, 2.45) is 5.10 Å². The highest BCUT2D eigenvalue weighted by atomic mass is 127. The van der Waals surface area contributed by atoms with Gasteiger partial charge >= 0.3 is 5.91 Å². The number of carbonyl (C=O) groups is 2. The van der Waals surface area contributed by atoms with E-state index in [2.05, 4.69) is 47.7 Å². The van der Waals surface area contributed by atoms with Crippen molar-refractivity contribution < 1.29 is 27.9 Å². The molecule has 3 aromatic carbocycles. The van der Waals surface area contributed by atoms with Crippen LogP contribution >= 0.6 is 54.5 Å². The number of hydrazone groups is 1. The average Bonchev–Trinajstić information content (AvgIpc) is 3.29. The van der Waals surface area contributed by atoms with Gasteiger partial charge in [0, 0.05) is 15.5 Å². The summed E-state index contributed by atoms with van der Waals surface area (Å²) in [7, 11) is 1.47. The van der Waals surface area contributed by atoms with Crippen molar-refractivity contribution in [3.8, 4) is 11.5 Å².